The number of carboxylic acid groups (broad SMARTS) is 1. The van der Waals surface area contributed by atoms with Gasteiger partial charge in [-0.15, -0.1) is 0 Å². The number of rotatable bonds is 2. The molecule has 0 aliphatic carbocycles. The van der Waals surface area contributed by atoms with Crippen LogP contribution in [0.15, 0.2) is 32.2 Å². The van der Waals surface area contributed by atoms with Gasteiger partial charge in [-0.2, -0.15) is 5.10 Å². The molecule has 0 fully saturated rings. The van der Waals surface area contributed by atoms with E-state index in [-0.39, 0.29) is 11.3 Å². The number of hydrogen-bond acceptors (Lipinski definition) is 4. The first-order valence-electron chi connectivity index (χ1n) is 4.16. The van der Waals surface area contributed by atoms with Gasteiger partial charge < -0.3 is 9.52 Å². The van der Waals surface area contributed by atoms with Crippen molar-refractivity contribution in [3.63, 3.8) is 0 Å². The van der Waals surface area contributed by atoms with Crippen LogP contribution in [-0.2, 0) is 0 Å². The maximum absolute atomic E-state index is 11.3. The van der Waals surface area contributed by atoms with Crippen LogP contribution in [0.1, 0.15) is 10.4 Å². The van der Waals surface area contributed by atoms with Gasteiger partial charge >= 0.3 is 5.97 Å². The molecule has 0 saturated carbocycles. The predicted molar refractivity (Wildman–Crippen MR) is 57.2 cm³/mol. The van der Waals surface area contributed by atoms with E-state index in [2.05, 4.69) is 26.1 Å². The fourth-order valence-electron chi connectivity index (χ4n) is 1.26. The van der Waals surface area contributed by atoms with Crippen LogP contribution in [0.4, 0.5) is 0 Å². The van der Waals surface area contributed by atoms with Crippen LogP contribution in [0.3, 0.4) is 0 Å². The fourth-order valence-corrected chi connectivity index (χ4v) is 1.56. The zero-order valence-corrected chi connectivity index (χ0v) is 9.32. The Bertz CT molecular complexity index is 602. The minimum Gasteiger partial charge on any atom is -0.477 e. The smallest absolute Gasteiger partial charge is 0.342 e. The van der Waals surface area contributed by atoms with E-state index in [1.807, 2.05) is 0 Å². The van der Waals surface area contributed by atoms with E-state index in [1.54, 1.807) is 12.1 Å². The molecule has 0 aliphatic heterocycles. The summed E-state index contributed by atoms with van der Waals surface area (Å²) >= 11 is 3.09. The van der Waals surface area contributed by atoms with E-state index in [1.165, 1.54) is 6.20 Å². The molecule has 6 nitrogen and oxygen atoms in total. The number of hydrogen-bond donors (Lipinski definition) is 2. The topological polar surface area (TPSA) is 96.2 Å². The summed E-state index contributed by atoms with van der Waals surface area (Å²) in [7, 11) is 0. The van der Waals surface area contributed by atoms with Crippen LogP contribution in [-0.4, -0.2) is 21.3 Å². The fraction of sp³-hybridized carbons (Fsp3) is 0. The van der Waals surface area contributed by atoms with Gasteiger partial charge in [-0.3, -0.25) is 4.79 Å². The molecule has 2 N–H and O–H groups in total. The molecule has 16 heavy (non-hydrogen) atoms. The Kier molecular flexibility index (Phi) is 2.61. The number of carbonyl (C=O) groups is 1. The van der Waals surface area contributed by atoms with Gasteiger partial charge in [-0.25, -0.2) is 9.89 Å². The van der Waals surface area contributed by atoms with E-state index < -0.39 is 17.1 Å². The van der Waals surface area contributed by atoms with Gasteiger partial charge in [0.2, 0.25) is 0 Å². The van der Waals surface area contributed by atoms with Gasteiger partial charge in [0.15, 0.2) is 4.67 Å². The highest BCUT2D eigenvalue weighted by Gasteiger charge is 2.18. The van der Waals surface area contributed by atoms with E-state index in [0.29, 0.717) is 4.67 Å². The molecule has 0 saturated heterocycles. The van der Waals surface area contributed by atoms with E-state index in [9.17, 15) is 9.59 Å². The first-order chi connectivity index (χ1) is 7.59. The Morgan fingerprint density at radius 2 is 2.25 bits per heavy atom. The molecule has 2 heterocycles. The standard InChI is InChI=1S/C9H5BrN2O4/c10-6-2-1-5(16-6)4-3-11-12-8(13)7(4)9(14)15/h1-3H,(H,12,13)(H,14,15). The van der Waals surface area contributed by atoms with E-state index in [4.69, 9.17) is 9.52 Å². The number of nitrogens with one attached hydrogen (secondary N) is 1. The van der Waals surface area contributed by atoms with Crippen molar-refractivity contribution in [2.24, 2.45) is 0 Å². The molecule has 0 aromatic carbocycles. The number of H-pyrrole nitrogens is 1. The lowest BCUT2D eigenvalue weighted by molar-refractivity contribution is 0.0695. The van der Waals surface area contributed by atoms with Crippen LogP contribution in [0, 0.1) is 0 Å². The second kappa shape index (κ2) is 3.93. The molecule has 0 amide bonds. The molecule has 0 aliphatic rings. The molecule has 0 unspecified atom stereocenters. The first kappa shape index (κ1) is 10.6. The third-order valence-corrected chi connectivity index (χ3v) is 2.33. The van der Waals surface area contributed by atoms with Crippen molar-refractivity contribution in [3.8, 4) is 11.3 Å². The van der Waals surface area contributed by atoms with Crippen molar-refractivity contribution in [2.75, 3.05) is 0 Å². The van der Waals surface area contributed by atoms with Gasteiger partial charge in [-0.1, -0.05) is 0 Å². The molecule has 0 atom stereocenters. The molecule has 2 aromatic heterocycles. The summed E-state index contributed by atoms with van der Waals surface area (Å²) in [6.07, 6.45) is 1.23. The summed E-state index contributed by atoms with van der Waals surface area (Å²) in [5, 5.41) is 14.5. The Morgan fingerprint density at radius 3 is 2.81 bits per heavy atom. The number of aromatic nitrogens is 2. The van der Waals surface area contributed by atoms with Crippen molar-refractivity contribution in [1.82, 2.24) is 10.2 Å². The van der Waals surface area contributed by atoms with E-state index >= 15 is 0 Å². The Morgan fingerprint density at radius 1 is 1.50 bits per heavy atom. The van der Waals surface area contributed by atoms with E-state index in [0.717, 1.165) is 0 Å². The molecule has 82 valence electrons. The SMILES string of the molecule is O=C(O)c1c(-c2ccc(Br)o2)cn[nH]c1=O. The molecule has 2 aromatic rings. The zero-order chi connectivity index (χ0) is 11.7. The maximum Gasteiger partial charge on any atom is 0.342 e. The summed E-state index contributed by atoms with van der Waals surface area (Å²) in [5.41, 5.74) is -1.02. The summed E-state index contributed by atoms with van der Waals surface area (Å²) < 4.78 is 5.62. The summed E-state index contributed by atoms with van der Waals surface area (Å²) in [6.45, 7) is 0. The highest BCUT2D eigenvalue weighted by molar-refractivity contribution is 9.10. The molecular formula is C9H5BrN2O4. The lowest BCUT2D eigenvalue weighted by Gasteiger charge is -1.99. The number of aromatic carboxylic acids is 1. The highest BCUT2D eigenvalue weighted by atomic mass is 79.9. The second-order valence-electron chi connectivity index (χ2n) is 2.90. The average molecular weight is 285 g/mol. The predicted octanol–water partition coefficient (Wildman–Crippen LogP) is 1.49. The number of halogens is 1. The Hall–Kier alpha value is -1.89. The largest absolute Gasteiger partial charge is 0.477 e. The van der Waals surface area contributed by atoms with Crippen LogP contribution >= 0.6 is 15.9 Å². The molecule has 0 radical (unpaired) electrons. The molecule has 0 spiro atoms. The normalized spacial score (nSPS) is 10.3. The van der Waals surface area contributed by atoms with Crippen molar-refractivity contribution < 1.29 is 14.3 Å². The van der Waals surface area contributed by atoms with Gasteiger partial charge in [0.05, 0.1) is 11.8 Å². The van der Waals surface area contributed by atoms with Crippen LogP contribution < -0.4 is 5.56 Å². The Balaban J connectivity index is 2.70. The third kappa shape index (κ3) is 1.76. The van der Waals surface area contributed by atoms with Gasteiger partial charge in [0.25, 0.3) is 5.56 Å². The molecular weight excluding hydrogens is 280 g/mol. The van der Waals surface area contributed by atoms with Crippen LogP contribution in [0.5, 0.6) is 0 Å². The first-order valence-corrected chi connectivity index (χ1v) is 4.95. The lowest BCUT2D eigenvalue weighted by Crippen LogP contribution is -2.19. The van der Waals surface area contributed by atoms with Crippen molar-refractivity contribution >= 4 is 21.9 Å². The van der Waals surface area contributed by atoms with Gasteiger partial charge in [0, 0.05) is 0 Å². The molecule has 2 rings (SSSR count). The summed E-state index contributed by atoms with van der Waals surface area (Å²) in [5.74, 6) is -1.06. The van der Waals surface area contributed by atoms with Crippen molar-refractivity contribution in [2.45, 2.75) is 0 Å². The number of carboxylic acids is 1. The Labute approximate surface area is 97.0 Å². The highest BCUT2D eigenvalue weighted by Crippen LogP contribution is 2.25. The summed E-state index contributed by atoms with van der Waals surface area (Å²) in [6, 6.07) is 3.15. The van der Waals surface area contributed by atoms with Crippen molar-refractivity contribution in [1.29, 1.82) is 0 Å². The van der Waals surface area contributed by atoms with Crippen LogP contribution in [0.2, 0.25) is 0 Å². The number of aromatic amines is 1. The van der Waals surface area contributed by atoms with Gasteiger partial charge in [-0.05, 0) is 28.1 Å². The van der Waals surface area contributed by atoms with Gasteiger partial charge in [0.1, 0.15) is 11.3 Å². The lowest BCUT2D eigenvalue weighted by atomic mass is 10.1. The second-order valence-corrected chi connectivity index (χ2v) is 3.68. The van der Waals surface area contributed by atoms with Crippen molar-refractivity contribution in [3.05, 3.63) is 38.9 Å². The average Bonchev–Trinajstić information content (AvgIpc) is 2.63. The number of furan rings is 1. The maximum atomic E-state index is 11.3. The number of nitrogens with zero attached hydrogens (tertiary/aromatic N) is 1. The summed E-state index contributed by atoms with van der Waals surface area (Å²) in [4.78, 5) is 22.2. The minimum absolute atomic E-state index is 0.141. The third-order valence-electron chi connectivity index (χ3n) is 1.91. The molecule has 0 bridgehead atoms. The zero-order valence-electron chi connectivity index (χ0n) is 7.73. The van der Waals surface area contributed by atoms with Crippen LogP contribution in [0.25, 0.3) is 11.3 Å². The minimum atomic E-state index is -1.33. The molecule has 7 heteroatoms. The monoisotopic (exact) mass is 284 g/mol. The quantitative estimate of drug-likeness (QED) is 0.871.